The largest absolute Gasteiger partial charge is 0.481 e. The molecule has 0 saturated heterocycles. The summed E-state index contributed by atoms with van der Waals surface area (Å²) in [5, 5.41) is 14.5. The number of anilines is 1. The number of aliphatic carboxylic acids is 1. The fourth-order valence-electron chi connectivity index (χ4n) is 4.35. The maximum atomic E-state index is 12.5. The fraction of sp³-hybridized carbons (Fsp3) is 0.250. The third kappa shape index (κ3) is 5.51. The number of carbonyl (C=O) groups excluding carboxylic acids is 2. The van der Waals surface area contributed by atoms with Gasteiger partial charge < -0.3 is 15.2 Å². The van der Waals surface area contributed by atoms with Crippen molar-refractivity contribution in [3.05, 3.63) is 89.5 Å². The summed E-state index contributed by atoms with van der Waals surface area (Å²) in [6.07, 6.45) is -0.726. The van der Waals surface area contributed by atoms with Crippen molar-refractivity contribution in [3.8, 4) is 11.1 Å². The van der Waals surface area contributed by atoms with Crippen LogP contribution in [0.4, 0.5) is 10.5 Å². The molecule has 1 atom stereocenters. The summed E-state index contributed by atoms with van der Waals surface area (Å²) in [5.41, 5.74) is 5.46. The first kappa shape index (κ1) is 24.0. The van der Waals surface area contributed by atoms with Gasteiger partial charge in [-0.25, -0.2) is 4.79 Å². The lowest BCUT2D eigenvalue weighted by Gasteiger charge is -2.20. The van der Waals surface area contributed by atoms with E-state index < -0.39 is 18.1 Å². The second-order valence-corrected chi connectivity index (χ2v) is 8.95. The minimum atomic E-state index is -0.966. The number of amides is 2. The predicted octanol–water partition coefficient (Wildman–Crippen LogP) is 5.28. The number of benzene rings is 3. The molecule has 1 aliphatic carbocycles. The number of hydrogen-bond donors (Lipinski definition) is 3. The Morgan fingerprint density at radius 3 is 2.00 bits per heavy atom. The van der Waals surface area contributed by atoms with Crippen LogP contribution in [0, 0.1) is 5.92 Å². The lowest BCUT2D eigenvalue weighted by Crippen LogP contribution is -2.40. The molecule has 4 rings (SSSR count). The molecule has 0 saturated carbocycles. The number of carboxylic acids is 1. The van der Waals surface area contributed by atoms with Crippen molar-refractivity contribution in [1.82, 2.24) is 5.32 Å². The van der Waals surface area contributed by atoms with Gasteiger partial charge in [-0.05, 0) is 52.4 Å². The number of carboxylic acid groups (broad SMARTS) is 1. The van der Waals surface area contributed by atoms with Crippen molar-refractivity contribution in [2.24, 2.45) is 5.92 Å². The van der Waals surface area contributed by atoms with Crippen LogP contribution in [-0.2, 0) is 9.53 Å². The maximum absolute atomic E-state index is 12.5. The number of hydrogen-bond acceptors (Lipinski definition) is 4. The minimum absolute atomic E-state index is 0.0236. The molecule has 180 valence electrons. The first-order valence-corrected chi connectivity index (χ1v) is 11.6. The Hall–Kier alpha value is -4.13. The number of rotatable bonds is 8. The van der Waals surface area contributed by atoms with E-state index in [1.165, 1.54) is 0 Å². The van der Waals surface area contributed by atoms with Gasteiger partial charge in [0.2, 0.25) is 0 Å². The first-order valence-electron chi connectivity index (χ1n) is 11.6. The maximum Gasteiger partial charge on any atom is 0.411 e. The highest BCUT2D eigenvalue weighted by atomic mass is 16.5. The molecule has 0 heterocycles. The van der Waals surface area contributed by atoms with Crippen LogP contribution in [0.3, 0.4) is 0 Å². The first-order chi connectivity index (χ1) is 16.8. The van der Waals surface area contributed by atoms with Gasteiger partial charge in [0, 0.05) is 23.2 Å². The second kappa shape index (κ2) is 10.4. The zero-order valence-electron chi connectivity index (χ0n) is 19.7. The second-order valence-electron chi connectivity index (χ2n) is 8.95. The van der Waals surface area contributed by atoms with E-state index in [0.717, 1.165) is 22.3 Å². The van der Waals surface area contributed by atoms with E-state index in [1.807, 2.05) is 38.1 Å². The van der Waals surface area contributed by atoms with Gasteiger partial charge in [0.1, 0.15) is 6.61 Å². The van der Waals surface area contributed by atoms with Crippen LogP contribution in [0.2, 0.25) is 0 Å². The van der Waals surface area contributed by atoms with E-state index in [2.05, 4.69) is 34.9 Å². The van der Waals surface area contributed by atoms with E-state index in [-0.39, 0.29) is 30.8 Å². The number of fused-ring (bicyclic) bond motifs is 3. The highest BCUT2D eigenvalue weighted by Crippen LogP contribution is 2.44. The Morgan fingerprint density at radius 2 is 1.46 bits per heavy atom. The quantitative estimate of drug-likeness (QED) is 0.414. The summed E-state index contributed by atoms with van der Waals surface area (Å²) in [4.78, 5) is 36.0. The molecule has 7 heteroatoms. The minimum Gasteiger partial charge on any atom is -0.481 e. The molecule has 0 fully saturated rings. The Bertz CT molecular complexity index is 1190. The monoisotopic (exact) mass is 472 g/mol. The standard InChI is InChI=1S/C28H28N2O5/c1-17(2)25(15-26(31)32)30-27(33)18-11-13-19(14-12-18)29-28(34)35-16-24-22-9-5-3-7-20(22)21-8-4-6-10-23(21)24/h3-14,17,24-25H,15-16H2,1-2H3,(H,29,34)(H,30,33)(H,31,32)/t25-/m0/s1. The van der Waals surface area contributed by atoms with Crippen molar-refractivity contribution in [1.29, 1.82) is 0 Å². The van der Waals surface area contributed by atoms with Crippen LogP contribution in [-0.4, -0.2) is 35.7 Å². The summed E-state index contributed by atoms with van der Waals surface area (Å²) in [7, 11) is 0. The number of nitrogens with one attached hydrogen (secondary N) is 2. The van der Waals surface area contributed by atoms with Crippen molar-refractivity contribution in [2.75, 3.05) is 11.9 Å². The molecule has 3 aromatic carbocycles. The van der Waals surface area contributed by atoms with Crippen LogP contribution < -0.4 is 10.6 Å². The molecule has 3 N–H and O–H groups in total. The third-order valence-electron chi connectivity index (χ3n) is 6.25. The third-order valence-corrected chi connectivity index (χ3v) is 6.25. The Morgan fingerprint density at radius 1 is 0.886 bits per heavy atom. The van der Waals surface area contributed by atoms with Crippen molar-refractivity contribution in [3.63, 3.8) is 0 Å². The van der Waals surface area contributed by atoms with Gasteiger partial charge in [-0.1, -0.05) is 62.4 Å². The highest BCUT2D eigenvalue weighted by Gasteiger charge is 2.29. The van der Waals surface area contributed by atoms with Crippen molar-refractivity contribution >= 4 is 23.7 Å². The van der Waals surface area contributed by atoms with Gasteiger partial charge in [-0.15, -0.1) is 0 Å². The molecule has 3 aromatic rings. The molecule has 2 amide bonds. The average Bonchev–Trinajstić information content (AvgIpc) is 3.16. The van der Waals surface area contributed by atoms with E-state index in [4.69, 9.17) is 9.84 Å². The van der Waals surface area contributed by atoms with E-state index in [1.54, 1.807) is 24.3 Å². The van der Waals surface area contributed by atoms with Crippen LogP contribution in [0.15, 0.2) is 72.8 Å². The molecule has 0 bridgehead atoms. The Kier molecular flexibility index (Phi) is 7.15. The van der Waals surface area contributed by atoms with Crippen LogP contribution in [0.5, 0.6) is 0 Å². The smallest absolute Gasteiger partial charge is 0.411 e. The van der Waals surface area contributed by atoms with Gasteiger partial charge in [0.15, 0.2) is 0 Å². The Balaban J connectivity index is 1.35. The van der Waals surface area contributed by atoms with Gasteiger partial charge in [-0.3, -0.25) is 14.9 Å². The zero-order valence-corrected chi connectivity index (χ0v) is 19.7. The molecular weight excluding hydrogens is 444 g/mol. The number of carbonyl (C=O) groups is 3. The molecule has 35 heavy (non-hydrogen) atoms. The summed E-state index contributed by atoms with van der Waals surface area (Å²) in [6.45, 7) is 3.92. The van der Waals surface area contributed by atoms with Gasteiger partial charge in [0.05, 0.1) is 6.42 Å². The molecule has 0 radical (unpaired) electrons. The normalized spacial score (nSPS) is 13.0. The van der Waals surface area contributed by atoms with Gasteiger partial charge in [-0.2, -0.15) is 0 Å². The molecule has 7 nitrogen and oxygen atoms in total. The van der Waals surface area contributed by atoms with Gasteiger partial charge >= 0.3 is 12.1 Å². The predicted molar refractivity (Wildman–Crippen MR) is 133 cm³/mol. The van der Waals surface area contributed by atoms with Crippen molar-refractivity contribution in [2.45, 2.75) is 32.2 Å². The summed E-state index contributed by atoms with van der Waals surface area (Å²) >= 11 is 0. The van der Waals surface area contributed by atoms with E-state index in [0.29, 0.717) is 11.3 Å². The van der Waals surface area contributed by atoms with Crippen molar-refractivity contribution < 1.29 is 24.2 Å². The Labute approximate surface area is 204 Å². The average molecular weight is 473 g/mol. The molecule has 0 aliphatic heterocycles. The fourth-order valence-corrected chi connectivity index (χ4v) is 4.35. The highest BCUT2D eigenvalue weighted by molar-refractivity contribution is 5.95. The van der Waals surface area contributed by atoms with Crippen LogP contribution >= 0.6 is 0 Å². The molecule has 1 aliphatic rings. The summed E-state index contributed by atoms with van der Waals surface area (Å²) in [5.74, 6) is -1.38. The number of ether oxygens (including phenoxy) is 1. The summed E-state index contributed by atoms with van der Waals surface area (Å²) in [6, 6.07) is 22.2. The van der Waals surface area contributed by atoms with E-state index in [9.17, 15) is 14.4 Å². The lowest BCUT2D eigenvalue weighted by atomic mass is 9.98. The zero-order chi connectivity index (χ0) is 24.9. The van der Waals surface area contributed by atoms with Gasteiger partial charge in [0.25, 0.3) is 5.91 Å². The lowest BCUT2D eigenvalue weighted by molar-refractivity contribution is -0.137. The van der Waals surface area contributed by atoms with Crippen LogP contribution in [0.25, 0.3) is 11.1 Å². The SMILES string of the molecule is CC(C)[C@H](CC(=O)O)NC(=O)c1ccc(NC(=O)OCC2c3ccccc3-c3ccccc32)cc1. The molecule has 0 unspecified atom stereocenters. The molecular formula is C28H28N2O5. The topological polar surface area (TPSA) is 105 Å². The molecule has 0 aromatic heterocycles. The van der Waals surface area contributed by atoms with E-state index >= 15 is 0 Å². The molecule has 0 spiro atoms. The summed E-state index contributed by atoms with van der Waals surface area (Å²) < 4.78 is 5.55. The van der Waals surface area contributed by atoms with Crippen LogP contribution in [0.1, 0.15) is 47.7 Å².